The number of nitro groups is 1. The van der Waals surface area contributed by atoms with Crippen molar-refractivity contribution in [1.29, 1.82) is 0 Å². The fraction of sp³-hybridized carbons (Fsp3) is 0.125. The molecule has 0 bridgehead atoms. The quantitative estimate of drug-likeness (QED) is 0.632. The van der Waals surface area contributed by atoms with Crippen LogP contribution in [0.15, 0.2) is 10.5 Å². The highest BCUT2D eigenvalue weighted by Crippen LogP contribution is 2.43. The average molecular weight is 291 g/mol. The normalized spacial score (nSPS) is 13.8. The molecule has 0 aromatic heterocycles. The van der Waals surface area contributed by atoms with Crippen LogP contribution in [0.3, 0.4) is 0 Å². The molecule has 16 heavy (non-hydrogen) atoms. The summed E-state index contributed by atoms with van der Waals surface area (Å²) in [6.45, 7) is -0.256. The Bertz CT molecular complexity index is 505. The van der Waals surface area contributed by atoms with Crippen molar-refractivity contribution in [3.05, 3.63) is 26.5 Å². The van der Waals surface area contributed by atoms with E-state index in [-0.39, 0.29) is 22.5 Å². The van der Waals surface area contributed by atoms with Crippen molar-refractivity contribution in [2.45, 2.75) is 0 Å². The standard InChI is InChI=1S/C8H4BrFN2O4/c9-3-1-4(10)7(12(14)15)6-8(3)16-2-5(13)11-6/h1H,2H2,(H,11,13). The molecular formula is C8H4BrFN2O4. The van der Waals surface area contributed by atoms with Crippen LogP contribution in [0.2, 0.25) is 0 Å². The third-order valence-corrected chi connectivity index (χ3v) is 2.54. The number of fused-ring (bicyclic) bond motifs is 1. The Morgan fingerprint density at radius 3 is 2.94 bits per heavy atom. The summed E-state index contributed by atoms with van der Waals surface area (Å²) in [5.74, 6) is -1.54. The minimum absolute atomic E-state index is 0.0627. The smallest absolute Gasteiger partial charge is 0.331 e. The molecule has 6 nitrogen and oxygen atoms in total. The molecule has 1 aromatic rings. The number of hydrogen-bond donors (Lipinski definition) is 1. The number of anilines is 1. The van der Waals surface area contributed by atoms with Gasteiger partial charge in [0.25, 0.3) is 5.91 Å². The highest BCUT2D eigenvalue weighted by Gasteiger charge is 2.31. The van der Waals surface area contributed by atoms with Gasteiger partial charge in [-0.1, -0.05) is 0 Å². The molecule has 0 fully saturated rings. The molecule has 2 rings (SSSR count). The van der Waals surface area contributed by atoms with Crippen LogP contribution in [0.5, 0.6) is 5.75 Å². The molecule has 0 aliphatic carbocycles. The molecule has 1 aromatic carbocycles. The van der Waals surface area contributed by atoms with Crippen molar-refractivity contribution in [1.82, 2.24) is 0 Å². The van der Waals surface area contributed by atoms with Crippen LogP contribution >= 0.6 is 15.9 Å². The third-order valence-electron chi connectivity index (χ3n) is 1.96. The van der Waals surface area contributed by atoms with Crippen LogP contribution in [-0.4, -0.2) is 17.4 Å². The summed E-state index contributed by atoms with van der Waals surface area (Å²) in [5, 5.41) is 12.9. The van der Waals surface area contributed by atoms with Crippen LogP contribution in [0.1, 0.15) is 0 Å². The van der Waals surface area contributed by atoms with Crippen LogP contribution < -0.4 is 10.1 Å². The molecule has 0 saturated heterocycles. The number of amides is 1. The van der Waals surface area contributed by atoms with E-state index in [1.165, 1.54) is 0 Å². The van der Waals surface area contributed by atoms with Gasteiger partial charge in [0.15, 0.2) is 18.0 Å². The number of carbonyl (C=O) groups excluding carboxylic acids is 1. The second-order valence-corrected chi connectivity index (χ2v) is 3.84. The van der Waals surface area contributed by atoms with E-state index in [1.807, 2.05) is 0 Å². The van der Waals surface area contributed by atoms with Crippen molar-refractivity contribution >= 4 is 33.2 Å². The Labute approximate surface area is 96.7 Å². The van der Waals surface area contributed by atoms with Crippen molar-refractivity contribution in [2.24, 2.45) is 0 Å². The van der Waals surface area contributed by atoms with Gasteiger partial charge in [-0.3, -0.25) is 14.9 Å². The van der Waals surface area contributed by atoms with E-state index < -0.39 is 22.3 Å². The zero-order chi connectivity index (χ0) is 11.9. The van der Waals surface area contributed by atoms with E-state index in [0.717, 1.165) is 6.07 Å². The van der Waals surface area contributed by atoms with E-state index in [1.54, 1.807) is 0 Å². The minimum atomic E-state index is -1.04. The van der Waals surface area contributed by atoms with Crippen LogP contribution in [-0.2, 0) is 4.79 Å². The first-order chi connectivity index (χ1) is 7.50. The van der Waals surface area contributed by atoms with Crippen molar-refractivity contribution in [2.75, 3.05) is 11.9 Å². The lowest BCUT2D eigenvalue weighted by Crippen LogP contribution is -2.26. The molecule has 0 radical (unpaired) electrons. The van der Waals surface area contributed by atoms with Crippen LogP contribution in [0.25, 0.3) is 0 Å². The maximum Gasteiger partial charge on any atom is 0.331 e. The van der Waals surface area contributed by atoms with Crippen molar-refractivity contribution < 1.29 is 18.8 Å². The topological polar surface area (TPSA) is 81.5 Å². The maximum atomic E-state index is 13.3. The molecule has 0 unspecified atom stereocenters. The van der Waals surface area contributed by atoms with E-state index in [9.17, 15) is 19.3 Å². The van der Waals surface area contributed by atoms with E-state index in [4.69, 9.17) is 4.74 Å². The second-order valence-electron chi connectivity index (χ2n) is 2.99. The van der Waals surface area contributed by atoms with Gasteiger partial charge in [0.1, 0.15) is 0 Å². The molecule has 1 N–H and O–H groups in total. The zero-order valence-corrected chi connectivity index (χ0v) is 9.21. The fourth-order valence-electron chi connectivity index (χ4n) is 1.34. The molecule has 0 atom stereocenters. The second kappa shape index (κ2) is 3.71. The third kappa shape index (κ3) is 1.60. The molecule has 84 valence electrons. The largest absolute Gasteiger partial charge is 0.480 e. The predicted octanol–water partition coefficient (Wildman–Crippen LogP) is 1.83. The molecular weight excluding hydrogens is 287 g/mol. The van der Waals surface area contributed by atoms with Gasteiger partial charge in [0.05, 0.1) is 9.40 Å². The van der Waals surface area contributed by atoms with Gasteiger partial charge in [0, 0.05) is 0 Å². The van der Waals surface area contributed by atoms with Gasteiger partial charge < -0.3 is 10.1 Å². The number of nitro benzene ring substituents is 1. The number of carbonyl (C=O) groups is 1. The van der Waals surface area contributed by atoms with Crippen LogP contribution in [0, 0.1) is 15.9 Å². The number of ether oxygens (including phenoxy) is 1. The zero-order valence-electron chi connectivity index (χ0n) is 7.62. The average Bonchev–Trinajstić information content (AvgIpc) is 2.15. The summed E-state index contributed by atoms with van der Waals surface area (Å²) in [4.78, 5) is 20.8. The van der Waals surface area contributed by atoms with Gasteiger partial charge >= 0.3 is 5.69 Å². The lowest BCUT2D eigenvalue weighted by molar-refractivity contribution is -0.386. The molecule has 1 heterocycles. The number of nitrogens with zero attached hydrogens (tertiary/aromatic N) is 1. The van der Waals surface area contributed by atoms with Crippen LogP contribution in [0.4, 0.5) is 15.8 Å². The Morgan fingerprint density at radius 2 is 2.31 bits per heavy atom. The Balaban J connectivity index is 2.70. The molecule has 1 amide bonds. The Morgan fingerprint density at radius 1 is 1.62 bits per heavy atom. The van der Waals surface area contributed by atoms with E-state index in [2.05, 4.69) is 21.2 Å². The SMILES string of the molecule is O=C1COc2c(Br)cc(F)c([N+](=O)[O-])c2N1. The molecule has 1 aliphatic rings. The molecule has 8 heteroatoms. The first kappa shape index (κ1) is 10.8. The predicted molar refractivity (Wildman–Crippen MR) is 54.9 cm³/mol. The highest BCUT2D eigenvalue weighted by atomic mass is 79.9. The Kier molecular flexibility index (Phi) is 2.50. The summed E-state index contributed by atoms with van der Waals surface area (Å²) in [6, 6.07) is 0.925. The van der Waals surface area contributed by atoms with E-state index >= 15 is 0 Å². The number of benzene rings is 1. The van der Waals surface area contributed by atoms with Gasteiger partial charge in [-0.15, -0.1) is 0 Å². The van der Waals surface area contributed by atoms with Gasteiger partial charge in [0.2, 0.25) is 5.82 Å². The molecule has 1 aliphatic heterocycles. The summed E-state index contributed by atoms with van der Waals surface area (Å²) >= 11 is 3.00. The summed E-state index contributed by atoms with van der Waals surface area (Å²) in [6.07, 6.45) is 0. The Hall–Kier alpha value is -1.70. The first-order valence-electron chi connectivity index (χ1n) is 4.09. The van der Waals surface area contributed by atoms with Crippen molar-refractivity contribution in [3.8, 4) is 5.75 Å². The minimum Gasteiger partial charge on any atom is -0.480 e. The maximum absolute atomic E-state index is 13.3. The number of rotatable bonds is 1. The van der Waals surface area contributed by atoms with Gasteiger partial charge in [-0.2, -0.15) is 4.39 Å². The van der Waals surface area contributed by atoms with Gasteiger partial charge in [-0.25, -0.2) is 0 Å². The summed E-state index contributed by atoms with van der Waals surface area (Å²) < 4.78 is 18.5. The monoisotopic (exact) mass is 290 g/mol. The summed E-state index contributed by atoms with van der Waals surface area (Å²) in [7, 11) is 0. The molecule has 0 spiro atoms. The van der Waals surface area contributed by atoms with Gasteiger partial charge in [-0.05, 0) is 22.0 Å². The number of hydrogen-bond acceptors (Lipinski definition) is 4. The number of halogens is 2. The lowest BCUT2D eigenvalue weighted by atomic mass is 10.2. The fourth-order valence-corrected chi connectivity index (χ4v) is 1.85. The molecule has 0 saturated carbocycles. The highest BCUT2D eigenvalue weighted by molar-refractivity contribution is 9.10. The van der Waals surface area contributed by atoms with Crippen molar-refractivity contribution in [3.63, 3.8) is 0 Å². The number of nitrogens with one attached hydrogen (secondary N) is 1. The lowest BCUT2D eigenvalue weighted by Gasteiger charge is -2.18. The van der Waals surface area contributed by atoms with E-state index in [0.29, 0.717) is 0 Å². The first-order valence-corrected chi connectivity index (χ1v) is 4.89. The summed E-state index contributed by atoms with van der Waals surface area (Å²) in [5.41, 5.74) is -1.06.